The van der Waals surface area contributed by atoms with E-state index in [1.54, 1.807) is 0 Å². The van der Waals surface area contributed by atoms with Crippen molar-refractivity contribution < 1.29 is 0 Å². The Hall–Kier alpha value is -1.28. The Balaban J connectivity index is 1.34. The molecule has 4 rings (SSSR count). The van der Waals surface area contributed by atoms with Crippen molar-refractivity contribution >= 4 is 5.69 Å². The quantitative estimate of drug-likeness (QED) is 0.784. The Morgan fingerprint density at radius 1 is 1.00 bits per heavy atom. The van der Waals surface area contributed by atoms with E-state index < -0.39 is 0 Å². The van der Waals surface area contributed by atoms with Gasteiger partial charge in [-0.15, -0.1) is 0 Å². The second kappa shape index (κ2) is 6.08. The van der Waals surface area contributed by atoms with E-state index in [4.69, 9.17) is 0 Å². The van der Waals surface area contributed by atoms with E-state index in [1.165, 1.54) is 56.8 Å². The summed E-state index contributed by atoms with van der Waals surface area (Å²) in [5.41, 5.74) is 2.96. The SMILES string of the molecule is CCc1ccccc1N1CCN(C[C@H]2C[C@H]3C=C[C@H]2C3)CC1. The maximum atomic E-state index is 2.71. The van der Waals surface area contributed by atoms with Crippen molar-refractivity contribution in [3.05, 3.63) is 42.0 Å². The minimum atomic E-state index is 0.892. The lowest BCUT2D eigenvalue weighted by Crippen LogP contribution is -2.48. The summed E-state index contributed by atoms with van der Waals surface area (Å²) in [6, 6.07) is 8.93. The fraction of sp³-hybridized carbons (Fsp3) is 0.600. The van der Waals surface area contributed by atoms with Crippen LogP contribution in [0.1, 0.15) is 25.3 Å². The number of rotatable bonds is 4. The van der Waals surface area contributed by atoms with Crippen LogP contribution in [0, 0.1) is 17.8 Å². The number of nitrogens with zero attached hydrogens (tertiary/aromatic N) is 2. The lowest BCUT2D eigenvalue weighted by molar-refractivity contribution is 0.204. The lowest BCUT2D eigenvalue weighted by atomic mass is 9.93. The van der Waals surface area contributed by atoms with Gasteiger partial charge >= 0.3 is 0 Å². The predicted octanol–water partition coefficient (Wildman–Crippen LogP) is 3.58. The molecule has 1 saturated carbocycles. The van der Waals surface area contributed by atoms with Gasteiger partial charge in [0.1, 0.15) is 0 Å². The molecule has 2 fully saturated rings. The summed E-state index contributed by atoms with van der Waals surface area (Å²) in [5, 5.41) is 0. The van der Waals surface area contributed by atoms with E-state index in [0.29, 0.717) is 0 Å². The summed E-state index contributed by atoms with van der Waals surface area (Å²) in [7, 11) is 0. The van der Waals surface area contributed by atoms with Crippen LogP contribution in [-0.2, 0) is 6.42 Å². The van der Waals surface area contributed by atoms with Crippen LogP contribution in [0.4, 0.5) is 5.69 Å². The van der Waals surface area contributed by atoms with E-state index in [9.17, 15) is 0 Å². The molecule has 0 unspecified atom stereocenters. The fourth-order valence-corrected chi connectivity index (χ4v) is 4.73. The number of hydrogen-bond acceptors (Lipinski definition) is 2. The number of benzene rings is 1. The van der Waals surface area contributed by atoms with Crippen molar-refractivity contribution in [2.45, 2.75) is 26.2 Å². The smallest absolute Gasteiger partial charge is 0.0399 e. The number of aryl methyl sites for hydroxylation is 1. The Morgan fingerprint density at radius 2 is 1.82 bits per heavy atom. The molecule has 2 heteroatoms. The van der Waals surface area contributed by atoms with E-state index in [-0.39, 0.29) is 0 Å². The maximum absolute atomic E-state index is 2.71. The molecule has 1 saturated heterocycles. The Bertz CT molecular complexity index is 542. The normalized spacial score (nSPS) is 31.1. The molecule has 1 aromatic carbocycles. The van der Waals surface area contributed by atoms with Crippen LogP contribution in [0.25, 0.3) is 0 Å². The van der Waals surface area contributed by atoms with Crippen LogP contribution in [0.3, 0.4) is 0 Å². The second-order valence-electron chi connectivity index (χ2n) is 7.31. The molecule has 1 aromatic rings. The Kier molecular flexibility index (Phi) is 3.96. The van der Waals surface area contributed by atoms with Gasteiger partial charge in [-0.2, -0.15) is 0 Å². The largest absolute Gasteiger partial charge is 0.369 e. The molecule has 22 heavy (non-hydrogen) atoms. The third-order valence-corrected chi connectivity index (χ3v) is 5.99. The lowest BCUT2D eigenvalue weighted by Gasteiger charge is -2.38. The van der Waals surface area contributed by atoms with Crippen molar-refractivity contribution in [3.63, 3.8) is 0 Å². The number of hydrogen-bond donors (Lipinski definition) is 0. The average molecular weight is 296 g/mol. The molecule has 2 aliphatic carbocycles. The summed E-state index contributed by atoms with van der Waals surface area (Å²) in [4.78, 5) is 5.31. The molecule has 0 N–H and O–H groups in total. The molecule has 0 radical (unpaired) electrons. The van der Waals surface area contributed by atoms with E-state index >= 15 is 0 Å². The van der Waals surface area contributed by atoms with Crippen molar-refractivity contribution in [2.24, 2.45) is 17.8 Å². The van der Waals surface area contributed by atoms with Crippen LogP contribution >= 0.6 is 0 Å². The summed E-state index contributed by atoms with van der Waals surface area (Å²) in [6.45, 7) is 8.43. The van der Waals surface area contributed by atoms with Gasteiger partial charge in [0.25, 0.3) is 0 Å². The molecule has 3 atom stereocenters. The van der Waals surface area contributed by atoms with E-state index in [1.807, 2.05) is 0 Å². The van der Waals surface area contributed by atoms with Crippen LogP contribution in [0.15, 0.2) is 36.4 Å². The zero-order chi connectivity index (χ0) is 14.9. The number of allylic oxidation sites excluding steroid dienone is 2. The van der Waals surface area contributed by atoms with Gasteiger partial charge in [0.2, 0.25) is 0 Å². The highest BCUT2D eigenvalue weighted by atomic mass is 15.3. The van der Waals surface area contributed by atoms with Gasteiger partial charge < -0.3 is 4.90 Å². The zero-order valence-electron chi connectivity index (χ0n) is 13.7. The van der Waals surface area contributed by atoms with Crippen LogP contribution in [0.5, 0.6) is 0 Å². The Morgan fingerprint density at radius 3 is 2.50 bits per heavy atom. The van der Waals surface area contributed by atoms with E-state index in [0.717, 1.165) is 24.2 Å². The first kappa shape index (κ1) is 14.3. The molecule has 2 bridgehead atoms. The molecule has 3 aliphatic rings. The average Bonchev–Trinajstić information content (AvgIpc) is 3.18. The summed E-state index contributed by atoms with van der Waals surface area (Å²) < 4.78 is 0. The zero-order valence-corrected chi connectivity index (χ0v) is 13.7. The van der Waals surface area contributed by atoms with E-state index in [2.05, 4.69) is 53.1 Å². The number of fused-ring (bicyclic) bond motifs is 2. The molecule has 0 spiro atoms. The third kappa shape index (κ3) is 2.69. The molecular weight excluding hydrogens is 268 g/mol. The van der Waals surface area contributed by atoms with Crippen LogP contribution in [-0.4, -0.2) is 37.6 Å². The molecule has 0 aromatic heterocycles. The van der Waals surface area contributed by atoms with Crippen LogP contribution < -0.4 is 4.90 Å². The number of anilines is 1. The summed E-state index contributed by atoms with van der Waals surface area (Å²) >= 11 is 0. The first-order chi connectivity index (χ1) is 10.8. The number of piperazine rings is 1. The topological polar surface area (TPSA) is 6.48 Å². The highest BCUT2D eigenvalue weighted by Crippen LogP contribution is 2.43. The Labute approximate surface area is 134 Å². The predicted molar refractivity (Wildman–Crippen MR) is 93.3 cm³/mol. The van der Waals surface area contributed by atoms with Crippen molar-refractivity contribution in [1.29, 1.82) is 0 Å². The van der Waals surface area contributed by atoms with Gasteiger partial charge in [-0.1, -0.05) is 37.3 Å². The first-order valence-electron chi connectivity index (χ1n) is 9.07. The van der Waals surface area contributed by atoms with Gasteiger partial charge in [-0.3, -0.25) is 4.90 Å². The standard InChI is InChI=1S/C20H28N2/c1-2-17-5-3-4-6-20(17)22-11-9-21(10-12-22)15-19-14-16-7-8-18(19)13-16/h3-8,16,18-19H,2,9-15H2,1H3/t16-,18-,19+/m0/s1. The fourth-order valence-electron chi connectivity index (χ4n) is 4.73. The molecule has 1 heterocycles. The summed E-state index contributed by atoms with van der Waals surface area (Å²) in [6.07, 6.45) is 8.97. The summed E-state index contributed by atoms with van der Waals surface area (Å²) in [5.74, 6) is 2.74. The van der Waals surface area contributed by atoms with Crippen molar-refractivity contribution in [2.75, 3.05) is 37.6 Å². The molecule has 0 amide bonds. The molecule has 2 nitrogen and oxygen atoms in total. The van der Waals surface area contributed by atoms with Gasteiger partial charge in [0, 0.05) is 38.4 Å². The maximum Gasteiger partial charge on any atom is 0.0399 e. The number of para-hydroxylation sites is 1. The van der Waals surface area contributed by atoms with Crippen LogP contribution in [0.2, 0.25) is 0 Å². The highest BCUT2D eigenvalue weighted by Gasteiger charge is 2.36. The van der Waals surface area contributed by atoms with Gasteiger partial charge in [-0.05, 0) is 48.6 Å². The second-order valence-corrected chi connectivity index (χ2v) is 7.31. The monoisotopic (exact) mass is 296 g/mol. The minimum absolute atomic E-state index is 0.892. The minimum Gasteiger partial charge on any atom is -0.369 e. The molecule has 118 valence electrons. The van der Waals surface area contributed by atoms with Gasteiger partial charge in [0.15, 0.2) is 0 Å². The first-order valence-corrected chi connectivity index (χ1v) is 9.07. The van der Waals surface area contributed by atoms with Gasteiger partial charge in [0.05, 0.1) is 0 Å². The highest BCUT2D eigenvalue weighted by molar-refractivity contribution is 5.54. The van der Waals surface area contributed by atoms with Crippen molar-refractivity contribution in [3.8, 4) is 0 Å². The van der Waals surface area contributed by atoms with Gasteiger partial charge in [-0.25, -0.2) is 0 Å². The molecule has 1 aliphatic heterocycles. The molecular formula is C20H28N2. The third-order valence-electron chi connectivity index (χ3n) is 5.99. The van der Waals surface area contributed by atoms with Crippen molar-refractivity contribution in [1.82, 2.24) is 4.90 Å².